The lowest BCUT2D eigenvalue weighted by atomic mass is 9.94. The van der Waals surface area contributed by atoms with Crippen molar-refractivity contribution in [1.29, 1.82) is 0 Å². The van der Waals surface area contributed by atoms with E-state index in [1.807, 2.05) is 0 Å². The SMILES string of the molecule is CCCn1ncc(Cl)c1C(O)(COC)C1CC1. The highest BCUT2D eigenvalue weighted by molar-refractivity contribution is 6.31. The third-order valence-electron chi connectivity index (χ3n) is 3.26. The average Bonchev–Trinajstić information content (AvgIpc) is 3.06. The standard InChI is InChI=1S/C12H19ClN2O2/c1-3-6-15-11(10(13)7-14-15)12(16,8-17-2)9-4-5-9/h7,9,16H,3-6,8H2,1-2H3. The summed E-state index contributed by atoms with van der Waals surface area (Å²) >= 11 is 6.17. The fourth-order valence-corrected chi connectivity index (χ4v) is 2.64. The molecule has 0 aromatic carbocycles. The lowest BCUT2D eigenvalue weighted by Crippen LogP contribution is -2.36. The number of halogens is 1. The molecule has 4 nitrogen and oxygen atoms in total. The van der Waals surface area contributed by atoms with Gasteiger partial charge in [0.2, 0.25) is 0 Å². The molecule has 0 bridgehead atoms. The molecule has 0 saturated heterocycles. The second-order valence-electron chi connectivity index (χ2n) is 4.70. The fourth-order valence-electron chi connectivity index (χ4n) is 2.33. The Labute approximate surface area is 107 Å². The van der Waals surface area contributed by atoms with Gasteiger partial charge in [-0.25, -0.2) is 0 Å². The number of aromatic nitrogens is 2. The summed E-state index contributed by atoms with van der Waals surface area (Å²) in [5.41, 5.74) is -0.275. The van der Waals surface area contributed by atoms with Crippen LogP contribution >= 0.6 is 11.6 Å². The molecule has 1 aliphatic carbocycles. The number of rotatable bonds is 6. The van der Waals surface area contributed by atoms with Gasteiger partial charge in [0.15, 0.2) is 0 Å². The number of hydrogen-bond donors (Lipinski definition) is 1. The van der Waals surface area contributed by atoms with Gasteiger partial charge in [-0.05, 0) is 25.2 Å². The van der Waals surface area contributed by atoms with Crippen molar-refractivity contribution in [2.45, 2.75) is 38.3 Å². The number of aliphatic hydroxyl groups is 1. The minimum Gasteiger partial charge on any atom is -0.381 e. The van der Waals surface area contributed by atoms with Crippen LogP contribution in [0, 0.1) is 5.92 Å². The van der Waals surface area contributed by atoms with E-state index in [1.165, 1.54) is 0 Å². The van der Waals surface area contributed by atoms with Gasteiger partial charge in [-0.3, -0.25) is 4.68 Å². The van der Waals surface area contributed by atoms with Gasteiger partial charge in [-0.2, -0.15) is 5.10 Å². The monoisotopic (exact) mass is 258 g/mol. The molecule has 1 atom stereocenters. The molecule has 5 heteroatoms. The van der Waals surface area contributed by atoms with Crippen molar-refractivity contribution in [3.8, 4) is 0 Å². The lowest BCUT2D eigenvalue weighted by molar-refractivity contribution is -0.0594. The number of aryl methyl sites for hydroxylation is 1. The van der Waals surface area contributed by atoms with Gasteiger partial charge in [-0.1, -0.05) is 18.5 Å². The topological polar surface area (TPSA) is 47.3 Å². The van der Waals surface area contributed by atoms with Gasteiger partial charge in [-0.15, -0.1) is 0 Å². The summed E-state index contributed by atoms with van der Waals surface area (Å²) in [4.78, 5) is 0. The molecule has 1 N–H and O–H groups in total. The maximum Gasteiger partial charge on any atom is 0.134 e. The summed E-state index contributed by atoms with van der Waals surface area (Å²) < 4.78 is 6.98. The van der Waals surface area contributed by atoms with E-state index >= 15 is 0 Å². The average molecular weight is 259 g/mol. The van der Waals surface area contributed by atoms with Crippen LogP contribution in [0.3, 0.4) is 0 Å². The Bertz CT molecular complexity index is 390. The molecule has 1 aliphatic rings. The van der Waals surface area contributed by atoms with Crippen molar-refractivity contribution < 1.29 is 9.84 Å². The second kappa shape index (κ2) is 4.96. The normalized spacial score (nSPS) is 19.3. The molecule has 96 valence electrons. The van der Waals surface area contributed by atoms with E-state index in [4.69, 9.17) is 16.3 Å². The van der Waals surface area contributed by atoms with Crippen LogP contribution in [0.5, 0.6) is 0 Å². The Hall–Kier alpha value is -0.580. The highest BCUT2D eigenvalue weighted by atomic mass is 35.5. The summed E-state index contributed by atoms with van der Waals surface area (Å²) in [5, 5.41) is 15.6. The molecule has 1 heterocycles. The van der Waals surface area contributed by atoms with Gasteiger partial charge in [0.25, 0.3) is 0 Å². The quantitative estimate of drug-likeness (QED) is 0.851. The molecule has 1 aromatic heterocycles. The van der Waals surface area contributed by atoms with Crippen LogP contribution in [0.25, 0.3) is 0 Å². The van der Waals surface area contributed by atoms with Crippen LogP contribution in [0.15, 0.2) is 6.20 Å². The van der Waals surface area contributed by atoms with Gasteiger partial charge < -0.3 is 9.84 Å². The smallest absolute Gasteiger partial charge is 0.134 e. The van der Waals surface area contributed by atoms with E-state index in [9.17, 15) is 5.11 Å². The molecule has 17 heavy (non-hydrogen) atoms. The van der Waals surface area contributed by atoms with Crippen molar-refractivity contribution in [3.05, 3.63) is 16.9 Å². The zero-order chi connectivity index (χ0) is 12.5. The first kappa shape index (κ1) is 12.9. The zero-order valence-corrected chi connectivity index (χ0v) is 11.1. The first-order chi connectivity index (χ1) is 8.13. The Morgan fingerprint density at radius 3 is 2.88 bits per heavy atom. The fraction of sp³-hybridized carbons (Fsp3) is 0.750. The number of ether oxygens (including phenoxy) is 1. The summed E-state index contributed by atoms with van der Waals surface area (Å²) in [7, 11) is 1.60. The molecule has 0 radical (unpaired) electrons. The highest BCUT2D eigenvalue weighted by Crippen LogP contribution is 2.47. The van der Waals surface area contributed by atoms with Crippen molar-refractivity contribution in [2.24, 2.45) is 5.92 Å². The number of methoxy groups -OCH3 is 1. The number of hydrogen-bond acceptors (Lipinski definition) is 3. The van der Waals surface area contributed by atoms with Crippen molar-refractivity contribution in [3.63, 3.8) is 0 Å². The predicted octanol–water partition coefficient (Wildman–Crippen LogP) is 2.19. The van der Waals surface area contributed by atoms with E-state index in [1.54, 1.807) is 18.0 Å². The minimum atomic E-state index is -0.989. The molecule has 0 aliphatic heterocycles. The Balaban J connectivity index is 2.37. The van der Waals surface area contributed by atoms with Crippen molar-refractivity contribution >= 4 is 11.6 Å². The Morgan fingerprint density at radius 1 is 1.65 bits per heavy atom. The van der Waals surface area contributed by atoms with Gasteiger partial charge in [0.05, 0.1) is 23.5 Å². The second-order valence-corrected chi connectivity index (χ2v) is 5.10. The van der Waals surface area contributed by atoms with Crippen molar-refractivity contribution in [1.82, 2.24) is 9.78 Å². The molecular formula is C12H19ClN2O2. The molecule has 1 fully saturated rings. The summed E-state index contributed by atoms with van der Waals surface area (Å²) in [5.74, 6) is 0.243. The summed E-state index contributed by atoms with van der Waals surface area (Å²) in [6.07, 6.45) is 4.61. The number of nitrogens with zero attached hydrogens (tertiary/aromatic N) is 2. The minimum absolute atomic E-state index is 0.243. The third kappa shape index (κ3) is 2.34. The Morgan fingerprint density at radius 2 is 2.35 bits per heavy atom. The van der Waals surface area contributed by atoms with E-state index in [0.717, 1.165) is 25.8 Å². The molecule has 0 spiro atoms. The molecule has 0 amide bonds. The van der Waals surface area contributed by atoms with E-state index in [-0.39, 0.29) is 12.5 Å². The Kier molecular flexibility index (Phi) is 3.76. The zero-order valence-electron chi connectivity index (χ0n) is 10.3. The van der Waals surface area contributed by atoms with E-state index < -0.39 is 5.60 Å². The van der Waals surface area contributed by atoms with Crippen LogP contribution in [0.1, 0.15) is 31.9 Å². The predicted molar refractivity (Wildman–Crippen MR) is 66.0 cm³/mol. The molecule has 1 saturated carbocycles. The maximum atomic E-state index is 10.8. The third-order valence-corrected chi connectivity index (χ3v) is 3.53. The van der Waals surface area contributed by atoms with Gasteiger partial charge >= 0.3 is 0 Å². The molecule has 2 rings (SSSR count). The van der Waals surface area contributed by atoms with Crippen LogP contribution < -0.4 is 0 Å². The summed E-state index contributed by atoms with van der Waals surface area (Å²) in [6.45, 7) is 3.11. The van der Waals surface area contributed by atoms with Crippen LogP contribution in [0.2, 0.25) is 5.02 Å². The van der Waals surface area contributed by atoms with Crippen LogP contribution in [0.4, 0.5) is 0 Å². The summed E-state index contributed by atoms with van der Waals surface area (Å²) in [6, 6.07) is 0. The highest BCUT2D eigenvalue weighted by Gasteiger charge is 2.48. The largest absolute Gasteiger partial charge is 0.381 e. The molecular weight excluding hydrogens is 240 g/mol. The first-order valence-electron chi connectivity index (χ1n) is 6.06. The van der Waals surface area contributed by atoms with Gasteiger partial charge in [0, 0.05) is 13.7 Å². The van der Waals surface area contributed by atoms with E-state index in [2.05, 4.69) is 12.0 Å². The molecule has 1 aromatic rings. The maximum absolute atomic E-state index is 10.8. The van der Waals surface area contributed by atoms with Crippen LogP contribution in [-0.2, 0) is 16.9 Å². The van der Waals surface area contributed by atoms with E-state index in [0.29, 0.717) is 10.7 Å². The van der Waals surface area contributed by atoms with Gasteiger partial charge in [0.1, 0.15) is 5.60 Å². The molecule has 1 unspecified atom stereocenters. The van der Waals surface area contributed by atoms with Crippen LogP contribution in [-0.4, -0.2) is 28.6 Å². The lowest BCUT2D eigenvalue weighted by Gasteiger charge is -2.28. The first-order valence-corrected chi connectivity index (χ1v) is 6.44. The van der Waals surface area contributed by atoms with Crippen molar-refractivity contribution in [2.75, 3.05) is 13.7 Å².